The molecule has 5 N–H and O–H groups in total. The fourth-order valence-electron chi connectivity index (χ4n) is 8.14. The fraction of sp³-hybridized carbons (Fsp3) is 0.955. The SMILES string of the molecule is CC(=O)O[C@@H]1[C@@H]2CC[C@@H]3[C@@](C)(O)[C@@H]4C[C@@H](O)C(C)(C)[C@]4(O)[C@@H](O)C[C@]13C[C@]2(C)O. The lowest BCUT2D eigenvalue weighted by atomic mass is 9.57. The smallest absolute Gasteiger partial charge is 0.302 e. The molecule has 7 heteroatoms. The quantitative estimate of drug-likeness (QED) is 0.402. The van der Waals surface area contributed by atoms with Crippen LogP contribution in [-0.2, 0) is 9.53 Å². The van der Waals surface area contributed by atoms with Crippen LogP contribution in [0.3, 0.4) is 0 Å². The van der Waals surface area contributed by atoms with Crippen LogP contribution in [-0.4, -0.2) is 66.6 Å². The average molecular weight is 413 g/mol. The minimum absolute atomic E-state index is 0.0988. The molecule has 2 bridgehead atoms. The maximum Gasteiger partial charge on any atom is 0.302 e. The number of hydrogen-bond acceptors (Lipinski definition) is 7. The fourth-order valence-corrected chi connectivity index (χ4v) is 8.14. The van der Waals surface area contributed by atoms with E-state index in [1.54, 1.807) is 27.7 Å². The first-order valence-electron chi connectivity index (χ1n) is 10.8. The third-order valence-corrected chi connectivity index (χ3v) is 9.52. The van der Waals surface area contributed by atoms with Gasteiger partial charge in [-0.2, -0.15) is 0 Å². The summed E-state index contributed by atoms with van der Waals surface area (Å²) >= 11 is 0. The van der Waals surface area contributed by atoms with Gasteiger partial charge >= 0.3 is 5.97 Å². The minimum Gasteiger partial charge on any atom is -0.462 e. The number of carbonyl (C=O) groups is 1. The van der Waals surface area contributed by atoms with Gasteiger partial charge in [0.15, 0.2) is 0 Å². The lowest BCUT2D eigenvalue weighted by Crippen LogP contribution is -2.60. The topological polar surface area (TPSA) is 127 Å². The van der Waals surface area contributed by atoms with E-state index in [-0.39, 0.29) is 31.1 Å². The summed E-state index contributed by atoms with van der Waals surface area (Å²) in [6.07, 6.45) is -0.985. The molecule has 0 heterocycles. The lowest BCUT2D eigenvalue weighted by Gasteiger charge is -2.51. The van der Waals surface area contributed by atoms with E-state index >= 15 is 0 Å². The highest BCUT2D eigenvalue weighted by Crippen LogP contribution is 2.70. The zero-order chi connectivity index (χ0) is 21.8. The second kappa shape index (κ2) is 5.94. The predicted octanol–water partition coefficient (Wildman–Crippen LogP) is 0.739. The van der Waals surface area contributed by atoms with E-state index in [4.69, 9.17) is 4.74 Å². The Kier molecular flexibility index (Phi) is 4.41. The first kappa shape index (κ1) is 21.5. The van der Waals surface area contributed by atoms with Crippen molar-refractivity contribution in [3.05, 3.63) is 0 Å². The molecule has 4 aliphatic rings. The molecule has 0 amide bonds. The van der Waals surface area contributed by atoms with Crippen molar-refractivity contribution in [3.8, 4) is 0 Å². The molecule has 10 atom stereocenters. The van der Waals surface area contributed by atoms with Crippen molar-refractivity contribution in [3.63, 3.8) is 0 Å². The number of carbonyl (C=O) groups excluding carboxylic acids is 1. The molecule has 7 nitrogen and oxygen atoms in total. The number of aliphatic hydroxyl groups excluding tert-OH is 2. The van der Waals surface area contributed by atoms with E-state index in [1.807, 2.05) is 0 Å². The van der Waals surface area contributed by atoms with Crippen molar-refractivity contribution in [2.45, 2.75) is 102 Å². The third-order valence-electron chi connectivity index (χ3n) is 9.52. The summed E-state index contributed by atoms with van der Waals surface area (Å²) in [5.41, 5.74) is -6.08. The highest BCUT2D eigenvalue weighted by molar-refractivity contribution is 5.66. The number of rotatable bonds is 1. The molecule has 4 rings (SSSR count). The van der Waals surface area contributed by atoms with Crippen LogP contribution < -0.4 is 0 Å². The highest BCUT2D eigenvalue weighted by atomic mass is 16.5. The van der Waals surface area contributed by atoms with Gasteiger partial charge in [-0.15, -0.1) is 0 Å². The van der Waals surface area contributed by atoms with Crippen LogP contribution in [0.15, 0.2) is 0 Å². The molecule has 4 saturated carbocycles. The van der Waals surface area contributed by atoms with Crippen molar-refractivity contribution >= 4 is 5.97 Å². The van der Waals surface area contributed by atoms with E-state index in [2.05, 4.69) is 0 Å². The summed E-state index contributed by atoms with van der Waals surface area (Å²) in [6.45, 7) is 8.20. The van der Waals surface area contributed by atoms with E-state index in [0.717, 1.165) is 0 Å². The van der Waals surface area contributed by atoms with Crippen LogP contribution in [0.5, 0.6) is 0 Å². The zero-order valence-electron chi connectivity index (χ0n) is 18.1. The van der Waals surface area contributed by atoms with Crippen LogP contribution in [0.1, 0.15) is 66.7 Å². The largest absolute Gasteiger partial charge is 0.462 e. The van der Waals surface area contributed by atoms with E-state index in [0.29, 0.717) is 12.8 Å². The monoisotopic (exact) mass is 412 g/mol. The van der Waals surface area contributed by atoms with Gasteiger partial charge in [-0.3, -0.25) is 4.79 Å². The molecule has 0 aromatic carbocycles. The van der Waals surface area contributed by atoms with Gasteiger partial charge in [-0.05, 0) is 51.9 Å². The predicted molar refractivity (Wildman–Crippen MR) is 104 cm³/mol. The molecule has 0 unspecified atom stereocenters. The number of ether oxygens (including phenoxy) is 1. The Morgan fingerprint density at radius 1 is 0.966 bits per heavy atom. The molecule has 0 aromatic rings. The Labute approximate surface area is 172 Å². The van der Waals surface area contributed by atoms with Crippen LogP contribution in [0.25, 0.3) is 0 Å². The van der Waals surface area contributed by atoms with Crippen molar-refractivity contribution in [2.75, 3.05) is 0 Å². The van der Waals surface area contributed by atoms with Crippen molar-refractivity contribution in [1.29, 1.82) is 0 Å². The molecule has 1 spiro atoms. The van der Waals surface area contributed by atoms with Crippen molar-refractivity contribution < 1.29 is 35.1 Å². The Hall–Kier alpha value is -0.730. The van der Waals surface area contributed by atoms with Gasteiger partial charge in [0.2, 0.25) is 0 Å². The van der Waals surface area contributed by atoms with Gasteiger partial charge in [0.05, 0.1) is 23.4 Å². The molecular weight excluding hydrogens is 376 g/mol. The normalized spacial score (nSPS) is 58.3. The molecule has 0 radical (unpaired) electrons. The maximum atomic E-state index is 11.9. The van der Waals surface area contributed by atoms with Gasteiger partial charge in [0.25, 0.3) is 0 Å². The Morgan fingerprint density at radius 3 is 2.17 bits per heavy atom. The Bertz CT molecular complexity index is 716. The van der Waals surface area contributed by atoms with E-state index in [9.17, 15) is 30.3 Å². The molecule has 4 aliphatic carbocycles. The molecule has 0 aromatic heterocycles. The molecule has 0 aliphatic heterocycles. The summed E-state index contributed by atoms with van der Waals surface area (Å²) in [6, 6.07) is 0. The Morgan fingerprint density at radius 2 is 1.59 bits per heavy atom. The third kappa shape index (κ3) is 2.45. The second-order valence-electron chi connectivity index (χ2n) is 11.3. The zero-order valence-corrected chi connectivity index (χ0v) is 18.1. The number of aliphatic hydroxyl groups is 5. The number of fused-ring (bicyclic) bond motifs is 2. The summed E-state index contributed by atoms with van der Waals surface area (Å²) < 4.78 is 5.75. The van der Waals surface area contributed by atoms with Crippen LogP contribution in [0.4, 0.5) is 0 Å². The van der Waals surface area contributed by atoms with E-state index in [1.165, 1.54) is 6.92 Å². The average Bonchev–Trinajstić information content (AvgIpc) is 2.80. The molecule has 4 fully saturated rings. The summed E-state index contributed by atoms with van der Waals surface area (Å²) in [5.74, 6) is -1.86. The van der Waals surface area contributed by atoms with Gasteiger partial charge < -0.3 is 30.3 Å². The molecule has 29 heavy (non-hydrogen) atoms. The Balaban J connectivity index is 1.90. The minimum atomic E-state index is -1.70. The first-order chi connectivity index (χ1) is 13.1. The first-order valence-corrected chi connectivity index (χ1v) is 10.8. The van der Waals surface area contributed by atoms with Crippen LogP contribution in [0.2, 0.25) is 0 Å². The summed E-state index contributed by atoms with van der Waals surface area (Å²) in [4.78, 5) is 11.9. The van der Waals surface area contributed by atoms with Gasteiger partial charge in [-0.25, -0.2) is 0 Å². The second-order valence-corrected chi connectivity index (χ2v) is 11.3. The summed E-state index contributed by atoms with van der Waals surface area (Å²) in [5, 5.41) is 57.0. The van der Waals surface area contributed by atoms with Crippen LogP contribution >= 0.6 is 0 Å². The van der Waals surface area contributed by atoms with Gasteiger partial charge in [-0.1, -0.05) is 13.8 Å². The molecular formula is C22H36O7. The van der Waals surface area contributed by atoms with E-state index < -0.39 is 57.8 Å². The molecule has 166 valence electrons. The van der Waals surface area contributed by atoms with Crippen molar-refractivity contribution in [1.82, 2.24) is 0 Å². The van der Waals surface area contributed by atoms with Gasteiger partial charge in [0.1, 0.15) is 11.7 Å². The van der Waals surface area contributed by atoms with Crippen LogP contribution in [0, 0.1) is 28.6 Å². The summed E-state index contributed by atoms with van der Waals surface area (Å²) in [7, 11) is 0. The van der Waals surface area contributed by atoms with Crippen molar-refractivity contribution in [2.24, 2.45) is 28.6 Å². The highest BCUT2D eigenvalue weighted by Gasteiger charge is 2.77. The standard InChI is InChI=1S/C22H36O7/c1-11(23)29-17-12-6-7-13-20(5,27)14-8-15(24)18(2,3)22(14,28)16(25)9-21(13,17)10-19(12,4)26/h12-17,24-28H,6-10H2,1-5H3/t12-,13+,14-,15+,16-,17+,19-,20+,21+,22+/m0/s1. The number of esters is 1. The molecule has 0 saturated heterocycles. The van der Waals surface area contributed by atoms with Gasteiger partial charge in [0, 0.05) is 29.6 Å². The number of hydrogen-bond donors (Lipinski definition) is 5. The lowest BCUT2D eigenvalue weighted by molar-refractivity contribution is -0.202. The maximum absolute atomic E-state index is 11.9.